The van der Waals surface area contributed by atoms with E-state index >= 15 is 0 Å². The zero-order valence-corrected chi connectivity index (χ0v) is 15.5. The monoisotopic (exact) mass is 387 g/mol. The summed E-state index contributed by atoms with van der Waals surface area (Å²) in [6, 6.07) is 10.7. The minimum absolute atomic E-state index is 0.0891. The van der Waals surface area contributed by atoms with Gasteiger partial charge in [-0.3, -0.25) is 4.79 Å². The Labute approximate surface area is 160 Å². The van der Waals surface area contributed by atoms with Crippen LogP contribution < -0.4 is 20.6 Å². The van der Waals surface area contributed by atoms with E-state index in [4.69, 9.17) is 32.0 Å². The van der Waals surface area contributed by atoms with Gasteiger partial charge in [-0.25, -0.2) is 0 Å². The second kappa shape index (κ2) is 7.59. The van der Waals surface area contributed by atoms with E-state index in [2.05, 4.69) is 5.16 Å². The zero-order valence-electron chi connectivity index (χ0n) is 14.8. The van der Waals surface area contributed by atoms with Crippen molar-refractivity contribution in [1.82, 2.24) is 4.57 Å². The molecule has 1 aromatic heterocycles. The van der Waals surface area contributed by atoms with Gasteiger partial charge in [0.15, 0.2) is 17.3 Å². The van der Waals surface area contributed by atoms with Crippen molar-refractivity contribution < 1.29 is 14.7 Å². The number of hydrogen-bond donors (Lipinski definition) is 2. The standard InChI is InChI=1S/C19H18ClN3O4/c1-26-16-7-13-15(8-17(16)27-2)23(9-11-3-5-12(20)6-4-11)10-14(18(13)24)19(21)22-25/h3-8,10,25H,9H2,1-2H3,(H2,21,22). The van der Waals surface area contributed by atoms with Crippen LogP contribution in [0.2, 0.25) is 5.02 Å². The average Bonchev–Trinajstić information content (AvgIpc) is 2.70. The van der Waals surface area contributed by atoms with Crippen LogP contribution >= 0.6 is 11.6 Å². The zero-order chi connectivity index (χ0) is 19.6. The van der Waals surface area contributed by atoms with Crippen molar-refractivity contribution >= 4 is 28.3 Å². The molecule has 3 N–H and O–H groups in total. The molecular formula is C19H18ClN3O4. The Hall–Kier alpha value is -3.19. The minimum Gasteiger partial charge on any atom is -0.493 e. The number of halogens is 1. The number of rotatable bonds is 5. The molecule has 0 aliphatic rings. The fourth-order valence-corrected chi connectivity index (χ4v) is 3.00. The van der Waals surface area contributed by atoms with Crippen molar-refractivity contribution in [3.63, 3.8) is 0 Å². The van der Waals surface area contributed by atoms with Crippen LogP contribution in [-0.4, -0.2) is 29.8 Å². The number of hydrogen-bond acceptors (Lipinski definition) is 5. The second-order valence-electron chi connectivity index (χ2n) is 5.84. The van der Waals surface area contributed by atoms with Crippen molar-refractivity contribution in [3.05, 3.63) is 69.0 Å². The number of aromatic nitrogens is 1. The molecule has 8 heteroatoms. The van der Waals surface area contributed by atoms with Crippen LogP contribution in [0.5, 0.6) is 11.5 Å². The number of ether oxygens (including phenoxy) is 2. The van der Waals surface area contributed by atoms with E-state index in [1.165, 1.54) is 14.2 Å². The molecule has 0 unspecified atom stereocenters. The van der Waals surface area contributed by atoms with Gasteiger partial charge in [-0.15, -0.1) is 0 Å². The summed E-state index contributed by atoms with van der Waals surface area (Å²) in [6.07, 6.45) is 1.56. The number of nitrogens with zero attached hydrogens (tertiary/aromatic N) is 2. The van der Waals surface area contributed by atoms with Gasteiger partial charge in [-0.05, 0) is 23.8 Å². The largest absolute Gasteiger partial charge is 0.493 e. The third-order valence-corrected chi connectivity index (χ3v) is 4.49. The summed E-state index contributed by atoms with van der Waals surface area (Å²) in [5.41, 5.74) is 7.02. The highest BCUT2D eigenvalue weighted by Gasteiger charge is 2.16. The van der Waals surface area contributed by atoms with E-state index < -0.39 is 0 Å². The predicted molar refractivity (Wildman–Crippen MR) is 104 cm³/mol. The highest BCUT2D eigenvalue weighted by Crippen LogP contribution is 2.31. The molecule has 0 aliphatic heterocycles. The molecule has 3 aromatic rings. The third-order valence-electron chi connectivity index (χ3n) is 4.24. The van der Waals surface area contributed by atoms with E-state index in [0.29, 0.717) is 34.0 Å². The van der Waals surface area contributed by atoms with Crippen LogP contribution in [0.25, 0.3) is 10.9 Å². The van der Waals surface area contributed by atoms with Gasteiger partial charge in [0.05, 0.1) is 30.7 Å². The first kappa shape index (κ1) is 18.6. The molecule has 0 aliphatic carbocycles. The lowest BCUT2D eigenvalue weighted by Gasteiger charge is -2.16. The number of nitrogens with two attached hydrogens (primary N) is 1. The van der Waals surface area contributed by atoms with E-state index in [9.17, 15) is 4.79 Å². The summed E-state index contributed by atoms with van der Waals surface area (Å²) in [7, 11) is 3.01. The highest BCUT2D eigenvalue weighted by molar-refractivity contribution is 6.30. The quantitative estimate of drug-likeness (QED) is 0.303. The summed E-state index contributed by atoms with van der Waals surface area (Å²) in [6.45, 7) is 0.440. The van der Waals surface area contributed by atoms with Gasteiger partial charge in [-0.2, -0.15) is 0 Å². The van der Waals surface area contributed by atoms with Crippen LogP contribution in [0, 0.1) is 0 Å². The number of amidine groups is 1. The Bertz CT molecular complexity index is 1070. The van der Waals surface area contributed by atoms with Crippen LogP contribution in [0.1, 0.15) is 11.1 Å². The summed E-state index contributed by atoms with van der Waals surface area (Å²) in [5.74, 6) is 0.643. The topological polar surface area (TPSA) is 99.1 Å². The number of oxime groups is 1. The maximum absolute atomic E-state index is 12.8. The molecule has 0 fully saturated rings. The molecule has 0 saturated heterocycles. The first-order valence-corrected chi connectivity index (χ1v) is 8.37. The van der Waals surface area contributed by atoms with Crippen LogP contribution in [0.15, 0.2) is 52.5 Å². The molecule has 0 radical (unpaired) electrons. The van der Waals surface area contributed by atoms with Gasteiger partial charge in [0, 0.05) is 23.8 Å². The third kappa shape index (κ3) is 3.54. The van der Waals surface area contributed by atoms with Gasteiger partial charge in [0.2, 0.25) is 5.43 Å². The van der Waals surface area contributed by atoms with E-state index in [1.54, 1.807) is 30.5 Å². The molecule has 0 spiro atoms. The summed E-state index contributed by atoms with van der Waals surface area (Å²) >= 11 is 5.95. The Kier molecular flexibility index (Phi) is 5.23. The van der Waals surface area contributed by atoms with Crippen molar-refractivity contribution in [2.24, 2.45) is 10.9 Å². The van der Waals surface area contributed by atoms with Crippen LogP contribution in [0.3, 0.4) is 0 Å². The van der Waals surface area contributed by atoms with Crippen molar-refractivity contribution in [3.8, 4) is 11.5 Å². The Morgan fingerprint density at radius 3 is 2.41 bits per heavy atom. The SMILES string of the molecule is COc1cc2c(=O)c(/C(N)=N/O)cn(Cc3ccc(Cl)cc3)c2cc1OC. The number of fused-ring (bicyclic) bond motifs is 1. The Morgan fingerprint density at radius 2 is 1.81 bits per heavy atom. The molecule has 2 aromatic carbocycles. The second-order valence-corrected chi connectivity index (χ2v) is 6.27. The average molecular weight is 388 g/mol. The minimum atomic E-state index is -0.367. The molecule has 27 heavy (non-hydrogen) atoms. The number of benzene rings is 2. The molecule has 3 rings (SSSR count). The molecule has 7 nitrogen and oxygen atoms in total. The van der Waals surface area contributed by atoms with E-state index in [1.807, 2.05) is 16.7 Å². The maximum Gasteiger partial charge on any atom is 0.200 e. The fraction of sp³-hybridized carbons (Fsp3) is 0.158. The summed E-state index contributed by atoms with van der Waals surface area (Å²) < 4.78 is 12.5. The lowest BCUT2D eigenvalue weighted by molar-refractivity contribution is 0.318. The molecular weight excluding hydrogens is 370 g/mol. The van der Waals surface area contributed by atoms with Gasteiger partial charge in [0.1, 0.15) is 0 Å². The van der Waals surface area contributed by atoms with Crippen molar-refractivity contribution in [2.75, 3.05) is 14.2 Å². The molecule has 0 amide bonds. The number of pyridine rings is 1. The summed E-state index contributed by atoms with van der Waals surface area (Å²) in [4.78, 5) is 12.8. The fourth-order valence-electron chi connectivity index (χ4n) is 2.87. The highest BCUT2D eigenvalue weighted by atomic mass is 35.5. The Balaban J connectivity index is 2.30. The van der Waals surface area contributed by atoms with E-state index in [-0.39, 0.29) is 16.8 Å². The first-order chi connectivity index (χ1) is 13.0. The normalized spacial score (nSPS) is 11.6. The predicted octanol–water partition coefficient (Wildman–Crippen LogP) is 2.81. The Morgan fingerprint density at radius 1 is 1.19 bits per heavy atom. The van der Waals surface area contributed by atoms with Crippen molar-refractivity contribution in [1.29, 1.82) is 0 Å². The van der Waals surface area contributed by atoms with Gasteiger partial charge in [0.25, 0.3) is 0 Å². The summed E-state index contributed by atoms with van der Waals surface area (Å²) in [5, 5.41) is 13.0. The van der Waals surface area contributed by atoms with Crippen LogP contribution in [0.4, 0.5) is 0 Å². The maximum atomic E-state index is 12.8. The van der Waals surface area contributed by atoms with Gasteiger partial charge < -0.3 is 25.0 Å². The molecule has 0 bridgehead atoms. The smallest absolute Gasteiger partial charge is 0.200 e. The van der Waals surface area contributed by atoms with Crippen molar-refractivity contribution in [2.45, 2.75) is 6.54 Å². The lowest BCUT2D eigenvalue weighted by atomic mass is 10.1. The van der Waals surface area contributed by atoms with Gasteiger partial charge in [-0.1, -0.05) is 28.9 Å². The first-order valence-electron chi connectivity index (χ1n) is 8.00. The molecule has 0 saturated carbocycles. The molecule has 1 heterocycles. The number of methoxy groups -OCH3 is 2. The van der Waals surface area contributed by atoms with Gasteiger partial charge >= 0.3 is 0 Å². The molecule has 140 valence electrons. The van der Waals surface area contributed by atoms with Crippen LogP contribution in [-0.2, 0) is 6.54 Å². The molecule has 0 atom stereocenters. The van der Waals surface area contributed by atoms with E-state index in [0.717, 1.165) is 5.56 Å². The lowest BCUT2D eigenvalue weighted by Crippen LogP contribution is -2.25.